The van der Waals surface area contributed by atoms with Gasteiger partial charge in [0.15, 0.2) is 5.78 Å². The van der Waals surface area contributed by atoms with E-state index in [9.17, 15) is 14.0 Å². The molecule has 1 rings (SSSR count). The van der Waals surface area contributed by atoms with Gasteiger partial charge in [0.05, 0.1) is 6.04 Å². The summed E-state index contributed by atoms with van der Waals surface area (Å²) in [7, 11) is 0. The molecule has 0 amide bonds. The minimum Gasteiger partial charge on any atom is -0.330 e. The lowest BCUT2D eigenvalue weighted by atomic mass is 9.96. The fourth-order valence-corrected chi connectivity index (χ4v) is 1.65. The van der Waals surface area contributed by atoms with Crippen molar-refractivity contribution in [3.8, 4) is 0 Å². The van der Waals surface area contributed by atoms with Crippen molar-refractivity contribution < 1.29 is 14.0 Å². The van der Waals surface area contributed by atoms with E-state index >= 15 is 0 Å². The van der Waals surface area contributed by atoms with E-state index in [2.05, 4.69) is 0 Å². The summed E-state index contributed by atoms with van der Waals surface area (Å²) in [6.45, 7) is 0.536. The van der Waals surface area contributed by atoms with Crippen LogP contribution in [-0.4, -0.2) is 24.7 Å². The Morgan fingerprint density at radius 1 is 1.39 bits per heavy atom. The number of rotatable bonds is 7. The maximum atomic E-state index is 13.1. The number of hydrogen-bond donors (Lipinski definition) is 2. The average molecular weight is 251 g/mol. The van der Waals surface area contributed by atoms with Gasteiger partial charge in [-0.05, 0) is 37.6 Å². The lowest BCUT2D eigenvalue weighted by Gasteiger charge is -2.11. The molecule has 0 saturated heterocycles. The highest BCUT2D eigenvalue weighted by molar-refractivity contribution is 6.05. The summed E-state index contributed by atoms with van der Waals surface area (Å²) >= 11 is 0. The molecule has 0 aliphatic rings. The lowest BCUT2D eigenvalue weighted by Crippen LogP contribution is -2.31. The van der Waals surface area contributed by atoms with Crippen LogP contribution >= 0.6 is 0 Å². The Labute approximate surface area is 105 Å². The maximum absolute atomic E-state index is 13.1. The molecule has 0 heterocycles. The summed E-state index contributed by atoms with van der Waals surface area (Å²) < 4.78 is 13.1. The molecule has 0 aliphatic heterocycles. The predicted molar refractivity (Wildman–Crippen MR) is 66.4 cm³/mol. The van der Waals surface area contributed by atoms with Gasteiger partial charge in [-0.3, -0.25) is 9.59 Å². The van der Waals surface area contributed by atoms with Crippen molar-refractivity contribution in [3.05, 3.63) is 35.1 Å². The molecule has 1 aromatic rings. The molecule has 18 heavy (non-hydrogen) atoms. The Balaban J connectivity index is 2.82. The third-order valence-corrected chi connectivity index (χ3v) is 2.66. The number of benzene rings is 1. The minimum atomic E-state index is -0.745. The standard InChI is InChI=1S/C13H16FN2O2/c14-10-5-4-9(8-17)11(7-10)13(18)12(16)3-1-2-6-15/h4-5,7,12H,1-3,6,15-16H2/t12-/m0/s1. The van der Waals surface area contributed by atoms with Gasteiger partial charge in [-0.2, -0.15) is 0 Å². The van der Waals surface area contributed by atoms with E-state index in [4.69, 9.17) is 11.5 Å². The quantitative estimate of drug-likeness (QED) is 0.557. The maximum Gasteiger partial charge on any atom is 0.234 e. The highest BCUT2D eigenvalue weighted by Crippen LogP contribution is 2.13. The number of ketones is 1. The number of unbranched alkanes of at least 4 members (excludes halogenated alkanes) is 1. The van der Waals surface area contributed by atoms with Gasteiger partial charge >= 0.3 is 0 Å². The van der Waals surface area contributed by atoms with E-state index in [0.29, 0.717) is 13.0 Å². The van der Waals surface area contributed by atoms with Crippen molar-refractivity contribution in [2.24, 2.45) is 11.5 Å². The van der Waals surface area contributed by atoms with Crippen LogP contribution in [0.4, 0.5) is 4.39 Å². The fourth-order valence-electron chi connectivity index (χ4n) is 1.65. The number of carbonyl (C=O) groups is 1. The Hall–Kier alpha value is -1.59. The molecule has 1 atom stereocenters. The van der Waals surface area contributed by atoms with Gasteiger partial charge in [0.1, 0.15) is 5.82 Å². The zero-order valence-corrected chi connectivity index (χ0v) is 9.99. The first-order chi connectivity index (χ1) is 8.60. The fraction of sp³-hybridized carbons (Fsp3) is 0.385. The minimum absolute atomic E-state index is 0.00903. The molecule has 0 unspecified atom stereocenters. The molecule has 0 bridgehead atoms. The first-order valence-electron chi connectivity index (χ1n) is 5.77. The molecule has 97 valence electrons. The van der Waals surface area contributed by atoms with E-state index in [0.717, 1.165) is 25.0 Å². The number of Topliss-reactive ketones (excluding diaryl/α,β-unsaturated/α-hetero) is 1. The third-order valence-electron chi connectivity index (χ3n) is 2.66. The smallest absolute Gasteiger partial charge is 0.234 e. The Kier molecular flexibility index (Phi) is 5.61. The molecule has 0 aromatic heterocycles. The first-order valence-corrected chi connectivity index (χ1v) is 5.77. The van der Waals surface area contributed by atoms with Gasteiger partial charge in [-0.1, -0.05) is 6.42 Å². The normalized spacial score (nSPS) is 12.2. The molecule has 1 aromatic carbocycles. The summed E-state index contributed by atoms with van der Waals surface area (Å²) in [6, 6.07) is 2.61. The van der Waals surface area contributed by atoms with E-state index in [1.807, 2.05) is 0 Å². The molecule has 5 heteroatoms. The van der Waals surface area contributed by atoms with Gasteiger partial charge in [0, 0.05) is 11.1 Å². The van der Waals surface area contributed by atoms with Gasteiger partial charge < -0.3 is 11.5 Å². The SMILES string of the molecule is NCCCC[C@H](N)C(=O)c1cc(F)ccc1[C]=O. The number of halogens is 1. The van der Waals surface area contributed by atoms with E-state index < -0.39 is 17.6 Å². The van der Waals surface area contributed by atoms with Gasteiger partial charge in [-0.15, -0.1) is 0 Å². The second-order valence-corrected chi connectivity index (χ2v) is 4.05. The number of carbonyl (C=O) groups excluding carboxylic acids is 2. The van der Waals surface area contributed by atoms with Gasteiger partial charge in [0.2, 0.25) is 6.29 Å². The third kappa shape index (κ3) is 3.72. The van der Waals surface area contributed by atoms with Crippen LogP contribution in [0, 0.1) is 5.82 Å². The Morgan fingerprint density at radius 2 is 2.11 bits per heavy atom. The predicted octanol–water partition coefficient (Wildman–Crippen LogP) is 0.923. The summed E-state index contributed by atoms with van der Waals surface area (Å²) in [5.41, 5.74) is 11.1. The highest BCUT2D eigenvalue weighted by atomic mass is 19.1. The van der Waals surface area contributed by atoms with E-state index in [1.54, 1.807) is 6.29 Å². The van der Waals surface area contributed by atoms with Crippen LogP contribution in [0.2, 0.25) is 0 Å². The molecule has 4 N–H and O–H groups in total. The second kappa shape index (κ2) is 6.98. The summed E-state index contributed by atoms with van der Waals surface area (Å²) in [5.74, 6) is -1.02. The zero-order valence-electron chi connectivity index (χ0n) is 9.99. The van der Waals surface area contributed by atoms with Crippen LogP contribution in [-0.2, 0) is 4.79 Å². The molecule has 0 aliphatic carbocycles. The molecule has 4 nitrogen and oxygen atoms in total. The second-order valence-electron chi connectivity index (χ2n) is 4.05. The Bertz CT molecular complexity index is 435. The number of nitrogens with two attached hydrogens (primary N) is 2. The topological polar surface area (TPSA) is 86.2 Å². The lowest BCUT2D eigenvalue weighted by molar-refractivity contribution is 0.0955. The van der Waals surface area contributed by atoms with Crippen molar-refractivity contribution in [1.29, 1.82) is 0 Å². The van der Waals surface area contributed by atoms with Crippen molar-refractivity contribution in [2.75, 3.05) is 6.54 Å². The molecule has 0 spiro atoms. The van der Waals surface area contributed by atoms with Crippen LogP contribution in [0.15, 0.2) is 18.2 Å². The summed E-state index contributed by atoms with van der Waals surface area (Å²) in [5, 5.41) is 0. The van der Waals surface area contributed by atoms with Crippen LogP contribution in [0.3, 0.4) is 0 Å². The van der Waals surface area contributed by atoms with Crippen LogP contribution in [0.5, 0.6) is 0 Å². The number of hydrogen-bond acceptors (Lipinski definition) is 4. The van der Waals surface area contributed by atoms with Crippen LogP contribution < -0.4 is 11.5 Å². The molecule has 1 radical (unpaired) electrons. The van der Waals surface area contributed by atoms with Gasteiger partial charge in [0.25, 0.3) is 0 Å². The van der Waals surface area contributed by atoms with Crippen LogP contribution in [0.25, 0.3) is 0 Å². The largest absolute Gasteiger partial charge is 0.330 e. The zero-order chi connectivity index (χ0) is 13.5. The monoisotopic (exact) mass is 251 g/mol. The Morgan fingerprint density at radius 3 is 2.72 bits per heavy atom. The van der Waals surface area contributed by atoms with E-state index in [1.165, 1.54) is 6.07 Å². The van der Waals surface area contributed by atoms with Crippen molar-refractivity contribution in [1.82, 2.24) is 0 Å². The molecular formula is C13H16FN2O2. The molecule has 0 saturated carbocycles. The summed E-state index contributed by atoms with van der Waals surface area (Å²) in [6.07, 6.45) is 3.57. The summed E-state index contributed by atoms with van der Waals surface area (Å²) in [4.78, 5) is 22.6. The van der Waals surface area contributed by atoms with Crippen molar-refractivity contribution in [2.45, 2.75) is 25.3 Å². The highest BCUT2D eigenvalue weighted by Gasteiger charge is 2.19. The molecular weight excluding hydrogens is 235 g/mol. The average Bonchev–Trinajstić information content (AvgIpc) is 2.38. The first kappa shape index (κ1) is 14.5. The molecule has 0 fully saturated rings. The van der Waals surface area contributed by atoms with Crippen molar-refractivity contribution >= 4 is 12.1 Å². The van der Waals surface area contributed by atoms with Crippen LogP contribution in [0.1, 0.15) is 35.2 Å². The van der Waals surface area contributed by atoms with E-state index in [-0.39, 0.29) is 11.1 Å². The van der Waals surface area contributed by atoms with Gasteiger partial charge in [-0.25, -0.2) is 4.39 Å². The van der Waals surface area contributed by atoms with Crippen molar-refractivity contribution in [3.63, 3.8) is 0 Å².